The molecule has 0 saturated heterocycles. The number of hydrogen-bond donors (Lipinski definition) is 2. The van der Waals surface area contributed by atoms with Gasteiger partial charge in [-0.3, -0.25) is 4.79 Å². The van der Waals surface area contributed by atoms with Gasteiger partial charge in [0.1, 0.15) is 5.75 Å². The monoisotopic (exact) mass is 194 g/mol. The van der Waals surface area contributed by atoms with Gasteiger partial charge in [-0.25, -0.2) is 0 Å². The molecule has 0 spiro atoms. The summed E-state index contributed by atoms with van der Waals surface area (Å²) in [6.45, 7) is 0.998. The van der Waals surface area contributed by atoms with E-state index in [1.54, 1.807) is 12.1 Å². The SMILES string of the molecule is O=C(O)Cc1cc2c(cc1O)COC2. The molecule has 0 radical (unpaired) electrons. The Hall–Kier alpha value is -1.55. The third kappa shape index (κ3) is 1.56. The number of hydrogen-bond acceptors (Lipinski definition) is 3. The molecular formula is C10H10O4. The first-order valence-corrected chi connectivity index (χ1v) is 4.30. The van der Waals surface area contributed by atoms with E-state index in [0.29, 0.717) is 18.8 Å². The van der Waals surface area contributed by atoms with Crippen molar-refractivity contribution in [3.05, 3.63) is 28.8 Å². The average Bonchev–Trinajstić information content (AvgIpc) is 2.51. The number of carboxylic acid groups (broad SMARTS) is 1. The number of phenols is 1. The minimum absolute atomic E-state index is 0.0386. The summed E-state index contributed by atoms with van der Waals surface area (Å²) in [5, 5.41) is 18.1. The van der Waals surface area contributed by atoms with Crippen LogP contribution < -0.4 is 0 Å². The fourth-order valence-corrected chi connectivity index (χ4v) is 1.57. The molecule has 1 aromatic rings. The van der Waals surface area contributed by atoms with Crippen LogP contribution in [0.15, 0.2) is 12.1 Å². The van der Waals surface area contributed by atoms with Crippen molar-refractivity contribution < 1.29 is 19.7 Å². The quantitative estimate of drug-likeness (QED) is 0.738. The summed E-state index contributed by atoms with van der Waals surface area (Å²) in [6.07, 6.45) is -0.154. The van der Waals surface area contributed by atoms with E-state index in [9.17, 15) is 9.90 Å². The van der Waals surface area contributed by atoms with Crippen LogP contribution in [-0.2, 0) is 29.2 Å². The summed E-state index contributed by atoms with van der Waals surface area (Å²) < 4.78 is 5.17. The molecule has 0 aromatic heterocycles. The minimum Gasteiger partial charge on any atom is -0.508 e. The molecule has 0 amide bonds. The normalized spacial score (nSPS) is 14.0. The zero-order chi connectivity index (χ0) is 10.1. The van der Waals surface area contributed by atoms with E-state index >= 15 is 0 Å². The van der Waals surface area contributed by atoms with Gasteiger partial charge in [0.15, 0.2) is 0 Å². The molecule has 74 valence electrons. The van der Waals surface area contributed by atoms with E-state index in [1.165, 1.54) is 0 Å². The van der Waals surface area contributed by atoms with Crippen molar-refractivity contribution in [3.63, 3.8) is 0 Å². The largest absolute Gasteiger partial charge is 0.508 e. The van der Waals surface area contributed by atoms with E-state index in [4.69, 9.17) is 9.84 Å². The maximum atomic E-state index is 10.5. The minimum atomic E-state index is -0.945. The molecule has 1 aliphatic rings. The zero-order valence-corrected chi connectivity index (χ0v) is 7.49. The van der Waals surface area contributed by atoms with Crippen LogP contribution in [0.4, 0.5) is 0 Å². The first-order valence-electron chi connectivity index (χ1n) is 4.30. The van der Waals surface area contributed by atoms with Crippen LogP contribution >= 0.6 is 0 Å². The number of benzene rings is 1. The van der Waals surface area contributed by atoms with Crippen molar-refractivity contribution in [2.24, 2.45) is 0 Å². The highest BCUT2D eigenvalue weighted by atomic mass is 16.5. The lowest BCUT2D eigenvalue weighted by molar-refractivity contribution is -0.136. The van der Waals surface area contributed by atoms with Crippen LogP contribution in [0.5, 0.6) is 5.75 Å². The van der Waals surface area contributed by atoms with Crippen LogP contribution in [0.25, 0.3) is 0 Å². The van der Waals surface area contributed by atoms with E-state index in [1.807, 2.05) is 0 Å². The van der Waals surface area contributed by atoms with Gasteiger partial charge >= 0.3 is 5.97 Å². The molecule has 4 nitrogen and oxygen atoms in total. The van der Waals surface area contributed by atoms with Gasteiger partial charge in [0, 0.05) is 5.56 Å². The molecule has 1 aliphatic heterocycles. The van der Waals surface area contributed by atoms with Gasteiger partial charge in [0.05, 0.1) is 19.6 Å². The molecule has 2 rings (SSSR count). The molecule has 4 heteroatoms. The Kier molecular flexibility index (Phi) is 2.13. The van der Waals surface area contributed by atoms with Gasteiger partial charge in [0.2, 0.25) is 0 Å². The molecule has 14 heavy (non-hydrogen) atoms. The first-order chi connectivity index (χ1) is 6.66. The zero-order valence-electron chi connectivity index (χ0n) is 7.49. The lowest BCUT2D eigenvalue weighted by Gasteiger charge is -2.04. The lowest BCUT2D eigenvalue weighted by atomic mass is 10.0. The Labute approximate surface area is 80.7 Å². The summed E-state index contributed by atoms with van der Waals surface area (Å²) in [5.41, 5.74) is 2.36. The summed E-state index contributed by atoms with van der Waals surface area (Å²) in [5.74, 6) is -0.907. The maximum absolute atomic E-state index is 10.5. The topological polar surface area (TPSA) is 66.8 Å². The predicted molar refractivity (Wildman–Crippen MR) is 47.9 cm³/mol. The van der Waals surface area contributed by atoms with Gasteiger partial charge in [-0.2, -0.15) is 0 Å². The number of fused-ring (bicyclic) bond motifs is 1. The van der Waals surface area contributed by atoms with Crippen LogP contribution in [0.1, 0.15) is 16.7 Å². The number of aromatic hydroxyl groups is 1. The Balaban J connectivity index is 2.37. The third-order valence-corrected chi connectivity index (χ3v) is 2.26. The Morgan fingerprint density at radius 2 is 2.00 bits per heavy atom. The van der Waals surface area contributed by atoms with Crippen LogP contribution in [0.2, 0.25) is 0 Å². The summed E-state index contributed by atoms with van der Waals surface area (Å²) in [7, 11) is 0. The highest BCUT2D eigenvalue weighted by molar-refractivity contribution is 5.71. The molecule has 0 aliphatic carbocycles. The first kappa shape index (κ1) is 9.02. The second-order valence-electron chi connectivity index (χ2n) is 3.31. The van der Waals surface area contributed by atoms with E-state index < -0.39 is 5.97 Å². The van der Waals surface area contributed by atoms with Crippen molar-refractivity contribution in [2.75, 3.05) is 0 Å². The summed E-state index contributed by atoms with van der Waals surface area (Å²) in [6, 6.07) is 3.28. The Morgan fingerprint density at radius 1 is 1.36 bits per heavy atom. The predicted octanol–water partition coefficient (Wildman–Crippen LogP) is 1.05. The van der Waals surface area contributed by atoms with Crippen molar-refractivity contribution in [2.45, 2.75) is 19.6 Å². The number of ether oxygens (including phenoxy) is 1. The number of aliphatic carboxylic acids is 1. The number of phenolic OH excluding ortho intramolecular Hbond substituents is 1. The van der Waals surface area contributed by atoms with E-state index in [2.05, 4.69) is 0 Å². The molecule has 1 heterocycles. The second kappa shape index (κ2) is 3.31. The standard InChI is InChI=1S/C10H10O4/c11-9-2-8-5-14-4-7(8)1-6(9)3-10(12)13/h1-2,11H,3-5H2,(H,12,13). The van der Waals surface area contributed by atoms with Crippen LogP contribution in [-0.4, -0.2) is 16.2 Å². The number of rotatable bonds is 2. The van der Waals surface area contributed by atoms with Crippen LogP contribution in [0.3, 0.4) is 0 Å². The molecule has 2 N–H and O–H groups in total. The van der Waals surface area contributed by atoms with Gasteiger partial charge < -0.3 is 14.9 Å². The van der Waals surface area contributed by atoms with Gasteiger partial charge in [-0.1, -0.05) is 0 Å². The Morgan fingerprint density at radius 3 is 2.64 bits per heavy atom. The van der Waals surface area contributed by atoms with Crippen molar-refractivity contribution >= 4 is 5.97 Å². The molecule has 0 saturated carbocycles. The molecule has 0 atom stereocenters. The van der Waals surface area contributed by atoms with Crippen LogP contribution in [0, 0.1) is 0 Å². The van der Waals surface area contributed by atoms with Gasteiger partial charge in [0.25, 0.3) is 0 Å². The molecular weight excluding hydrogens is 184 g/mol. The summed E-state index contributed by atoms with van der Waals surface area (Å²) >= 11 is 0. The van der Waals surface area contributed by atoms with Crippen molar-refractivity contribution in [1.82, 2.24) is 0 Å². The third-order valence-electron chi connectivity index (χ3n) is 2.26. The van der Waals surface area contributed by atoms with Crippen molar-refractivity contribution in [3.8, 4) is 5.75 Å². The van der Waals surface area contributed by atoms with Crippen molar-refractivity contribution in [1.29, 1.82) is 0 Å². The van der Waals surface area contributed by atoms with Gasteiger partial charge in [-0.15, -0.1) is 0 Å². The smallest absolute Gasteiger partial charge is 0.307 e. The highest BCUT2D eigenvalue weighted by Crippen LogP contribution is 2.28. The molecule has 0 fully saturated rings. The number of carbonyl (C=O) groups is 1. The highest BCUT2D eigenvalue weighted by Gasteiger charge is 2.15. The second-order valence-corrected chi connectivity index (χ2v) is 3.31. The number of carboxylic acids is 1. The molecule has 0 unspecified atom stereocenters. The van der Waals surface area contributed by atoms with E-state index in [0.717, 1.165) is 11.1 Å². The van der Waals surface area contributed by atoms with E-state index in [-0.39, 0.29) is 12.2 Å². The average molecular weight is 194 g/mol. The summed E-state index contributed by atoms with van der Waals surface area (Å²) in [4.78, 5) is 10.5. The lowest BCUT2D eigenvalue weighted by Crippen LogP contribution is -2.01. The Bertz CT molecular complexity index is 384. The fourth-order valence-electron chi connectivity index (χ4n) is 1.57. The maximum Gasteiger partial charge on any atom is 0.307 e. The van der Waals surface area contributed by atoms with Gasteiger partial charge in [-0.05, 0) is 23.3 Å². The fraction of sp³-hybridized carbons (Fsp3) is 0.300. The molecule has 1 aromatic carbocycles. The molecule has 0 bridgehead atoms.